The first-order chi connectivity index (χ1) is 8.74. The van der Waals surface area contributed by atoms with Gasteiger partial charge in [0, 0.05) is 19.5 Å². The summed E-state index contributed by atoms with van der Waals surface area (Å²) in [6.45, 7) is 4.63. The Balaban J connectivity index is 2.06. The molecule has 1 aromatic heterocycles. The highest BCUT2D eigenvalue weighted by Gasteiger charge is 2.07. The second-order valence-corrected chi connectivity index (χ2v) is 3.76. The smallest absolute Gasteiger partial charge is 0.286 e. The van der Waals surface area contributed by atoms with Crippen LogP contribution in [0.15, 0.2) is 35.5 Å². The average Bonchev–Trinajstić information content (AvgIpc) is 2.88. The third-order valence-electron chi connectivity index (χ3n) is 2.28. The number of nitrogens with one attached hydrogen (secondary N) is 2. The Labute approximate surface area is 106 Å². The number of hydrogen-bond donors (Lipinski definition) is 2. The van der Waals surface area contributed by atoms with Crippen LogP contribution in [0.5, 0.6) is 0 Å². The molecule has 0 aromatic carbocycles. The Kier molecular flexibility index (Phi) is 6.32. The van der Waals surface area contributed by atoms with Gasteiger partial charge in [-0.15, -0.1) is 6.58 Å². The molecule has 18 heavy (non-hydrogen) atoms. The third kappa shape index (κ3) is 5.34. The molecule has 5 nitrogen and oxygen atoms in total. The highest BCUT2D eigenvalue weighted by molar-refractivity contribution is 5.91. The largest absolute Gasteiger partial charge is 0.459 e. The standard InChI is InChI=1S/C13H18N2O3/c1-2-3-8-14-12(16)7-4-9-15-13(17)11-6-5-10-18-11/h2,5-6,10H,1,3-4,7-9H2,(H,14,16)(H,15,17). The van der Waals surface area contributed by atoms with Crippen molar-refractivity contribution in [1.29, 1.82) is 0 Å². The van der Waals surface area contributed by atoms with Crippen LogP contribution in [0.2, 0.25) is 0 Å². The molecule has 1 aromatic rings. The van der Waals surface area contributed by atoms with E-state index in [1.165, 1.54) is 6.26 Å². The highest BCUT2D eigenvalue weighted by atomic mass is 16.3. The molecule has 0 aliphatic rings. The fourth-order valence-electron chi connectivity index (χ4n) is 1.35. The molecule has 0 spiro atoms. The summed E-state index contributed by atoms with van der Waals surface area (Å²) in [6.07, 6.45) is 4.97. The molecular formula is C13H18N2O3. The van der Waals surface area contributed by atoms with Crippen molar-refractivity contribution >= 4 is 11.8 Å². The molecule has 0 fully saturated rings. The number of hydrogen-bond acceptors (Lipinski definition) is 3. The number of amides is 2. The normalized spacial score (nSPS) is 9.78. The Morgan fingerprint density at radius 3 is 2.83 bits per heavy atom. The van der Waals surface area contributed by atoms with Gasteiger partial charge < -0.3 is 15.1 Å². The van der Waals surface area contributed by atoms with Crippen molar-refractivity contribution in [2.45, 2.75) is 19.3 Å². The van der Waals surface area contributed by atoms with E-state index in [1.54, 1.807) is 18.2 Å². The summed E-state index contributed by atoms with van der Waals surface area (Å²) in [5.41, 5.74) is 0. The van der Waals surface area contributed by atoms with Gasteiger partial charge in [-0.25, -0.2) is 0 Å². The summed E-state index contributed by atoms with van der Waals surface area (Å²) in [5.74, 6) is 0.0154. The SMILES string of the molecule is C=CCCNC(=O)CCCNC(=O)c1ccco1. The number of furan rings is 1. The lowest BCUT2D eigenvalue weighted by Gasteiger charge is -2.04. The molecule has 1 heterocycles. The first-order valence-corrected chi connectivity index (χ1v) is 5.93. The molecule has 0 unspecified atom stereocenters. The minimum atomic E-state index is -0.257. The van der Waals surface area contributed by atoms with Crippen LogP contribution in [-0.4, -0.2) is 24.9 Å². The Morgan fingerprint density at radius 2 is 2.17 bits per heavy atom. The molecule has 0 saturated carbocycles. The highest BCUT2D eigenvalue weighted by Crippen LogP contribution is 1.99. The summed E-state index contributed by atoms with van der Waals surface area (Å²) < 4.78 is 4.94. The molecule has 2 N–H and O–H groups in total. The molecule has 98 valence electrons. The van der Waals surface area contributed by atoms with Gasteiger partial charge in [-0.05, 0) is 25.0 Å². The van der Waals surface area contributed by atoms with Crippen LogP contribution < -0.4 is 10.6 Å². The van der Waals surface area contributed by atoms with E-state index < -0.39 is 0 Å². The molecule has 0 saturated heterocycles. The predicted molar refractivity (Wildman–Crippen MR) is 68.1 cm³/mol. The quantitative estimate of drug-likeness (QED) is 0.542. The van der Waals surface area contributed by atoms with Crippen molar-refractivity contribution in [1.82, 2.24) is 10.6 Å². The third-order valence-corrected chi connectivity index (χ3v) is 2.28. The maximum absolute atomic E-state index is 11.4. The lowest BCUT2D eigenvalue weighted by molar-refractivity contribution is -0.121. The summed E-state index contributed by atoms with van der Waals surface area (Å²) in [6, 6.07) is 3.25. The zero-order valence-corrected chi connectivity index (χ0v) is 10.3. The molecule has 2 amide bonds. The molecule has 0 radical (unpaired) electrons. The molecule has 0 aliphatic carbocycles. The van der Waals surface area contributed by atoms with Crippen molar-refractivity contribution in [2.75, 3.05) is 13.1 Å². The Hall–Kier alpha value is -2.04. The van der Waals surface area contributed by atoms with Gasteiger partial charge in [0.05, 0.1) is 6.26 Å². The van der Waals surface area contributed by atoms with E-state index in [9.17, 15) is 9.59 Å². The van der Waals surface area contributed by atoms with E-state index >= 15 is 0 Å². The summed E-state index contributed by atoms with van der Waals surface area (Å²) in [4.78, 5) is 22.8. The second kappa shape index (κ2) is 8.11. The number of carbonyl (C=O) groups excluding carboxylic acids is 2. The van der Waals surface area contributed by atoms with Crippen molar-refractivity contribution in [2.24, 2.45) is 0 Å². The van der Waals surface area contributed by atoms with E-state index in [2.05, 4.69) is 17.2 Å². The van der Waals surface area contributed by atoms with Gasteiger partial charge >= 0.3 is 0 Å². The van der Waals surface area contributed by atoms with Crippen LogP contribution in [0.25, 0.3) is 0 Å². The lowest BCUT2D eigenvalue weighted by Crippen LogP contribution is -2.27. The Bertz CT molecular complexity index is 385. The molecule has 0 bridgehead atoms. The average molecular weight is 250 g/mol. The minimum Gasteiger partial charge on any atom is -0.459 e. The van der Waals surface area contributed by atoms with E-state index in [0.717, 1.165) is 6.42 Å². The molecule has 0 atom stereocenters. The van der Waals surface area contributed by atoms with Gasteiger partial charge in [0.15, 0.2) is 5.76 Å². The molecule has 0 aliphatic heterocycles. The summed E-state index contributed by atoms with van der Waals surface area (Å²) in [7, 11) is 0. The van der Waals surface area contributed by atoms with E-state index in [1.807, 2.05) is 0 Å². The van der Waals surface area contributed by atoms with Crippen LogP contribution in [0, 0.1) is 0 Å². The van der Waals surface area contributed by atoms with E-state index in [0.29, 0.717) is 25.9 Å². The van der Waals surface area contributed by atoms with E-state index in [4.69, 9.17) is 4.42 Å². The van der Waals surface area contributed by atoms with Gasteiger partial charge in [-0.2, -0.15) is 0 Å². The van der Waals surface area contributed by atoms with Crippen LogP contribution in [-0.2, 0) is 4.79 Å². The van der Waals surface area contributed by atoms with Crippen molar-refractivity contribution in [3.05, 3.63) is 36.8 Å². The molecule has 1 rings (SSSR count). The second-order valence-electron chi connectivity index (χ2n) is 3.76. The first kappa shape index (κ1) is 14.0. The van der Waals surface area contributed by atoms with Gasteiger partial charge in [0.1, 0.15) is 0 Å². The maximum Gasteiger partial charge on any atom is 0.286 e. The number of carbonyl (C=O) groups is 2. The van der Waals surface area contributed by atoms with E-state index in [-0.39, 0.29) is 17.6 Å². The fourth-order valence-corrected chi connectivity index (χ4v) is 1.35. The monoisotopic (exact) mass is 250 g/mol. The van der Waals surface area contributed by atoms with Crippen molar-refractivity contribution in [3.8, 4) is 0 Å². The molecule has 5 heteroatoms. The predicted octanol–water partition coefficient (Wildman–Crippen LogP) is 1.48. The molecular weight excluding hydrogens is 232 g/mol. The van der Waals surface area contributed by atoms with Crippen LogP contribution >= 0.6 is 0 Å². The van der Waals surface area contributed by atoms with Gasteiger partial charge in [-0.3, -0.25) is 9.59 Å². The fraction of sp³-hybridized carbons (Fsp3) is 0.385. The van der Waals surface area contributed by atoms with Crippen LogP contribution in [0.1, 0.15) is 29.8 Å². The van der Waals surface area contributed by atoms with Gasteiger partial charge in [-0.1, -0.05) is 6.08 Å². The zero-order valence-electron chi connectivity index (χ0n) is 10.3. The lowest BCUT2D eigenvalue weighted by atomic mass is 10.3. The van der Waals surface area contributed by atoms with Crippen molar-refractivity contribution in [3.63, 3.8) is 0 Å². The first-order valence-electron chi connectivity index (χ1n) is 5.93. The summed E-state index contributed by atoms with van der Waals surface area (Å²) >= 11 is 0. The Morgan fingerprint density at radius 1 is 1.33 bits per heavy atom. The topological polar surface area (TPSA) is 71.3 Å². The zero-order chi connectivity index (χ0) is 13.2. The van der Waals surface area contributed by atoms with Gasteiger partial charge in [0.25, 0.3) is 5.91 Å². The maximum atomic E-state index is 11.4. The van der Waals surface area contributed by atoms with Crippen LogP contribution in [0.4, 0.5) is 0 Å². The summed E-state index contributed by atoms with van der Waals surface area (Å²) in [5, 5.41) is 5.44. The van der Waals surface area contributed by atoms with Crippen molar-refractivity contribution < 1.29 is 14.0 Å². The van der Waals surface area contributed by atoms with Gasteiger partial charge in [0.2, 0.25) is 5.91 Å². The minimum absolute atomic E-state index is 0.0101. The number of rotatable bonds is 8. The van der Waals surface area contributed by atoms with Crippen LogP contribution in [0.3, 0.4) is 0 Å².